The van der Waals surface area contributed by atoms with Crippen LogP contribution in [0.25, 0.3) is 0 Å². The Labute approximate surface area is 49.4 Å². The van der Waals surface area contributed by atoms with E-state index in [-0.39, 0.29) is 0 Å². The molecule has 0 aromatic heterocycles. The normalized spacial score (nSPS) is 9.88. The highest BCUT2D eigenvalue weighted by molar-refractivity contribution is 5.76. The molecule has 0 rings (SSSR count). The lowest BCUT2D eigenvalue weighted by atomic mass is 10.4. The molecule has 3 nitrogen and oxygen atoms in total. The highest BCUT2D eigenvalue weighted by atomic mass is 15.6. The van der Waals surface area contributed by atoms with Gasteiger partial charge >= 0.3 is 0 Å². The van der Waals surface area contributed by atoms with Gasteiger partial charge in [-0.15, -0.1) is 0 Å². The molecule has 0 aromatic carbocycles. The van der Waals surface area contributed by atoms with Crippen molar-refractivity contribution in [3.63, 3.8) is 0 Å². The fourth-order valence-electron chi connectivity index (χ4n) is 0.190. The third-order valence-electron chi connectivity index (χ3n) is 0.460. The summed E-state index contributed by atoms with van der Waals surface area (Å²) in [4.78, 5) is 0. The van der Waals surface area contributed by atoms with Crippen LogP contribution >= 0.6 is 0 Å². The van der Waals surface area contributed by atoms with E-state index in [0.717, 1.165) is 5.57 Å². The van der Waals surface area contributed by atoms with Crippen LogP contribution in [0.5, 0.6) is 0 Å². The molecule has 0 amide bonds. The molecule has 46 valence electrons. The first kappa shape index (κ1) is 7.17. The van der Waals surface area contributed by atoms with Crippen LogP contribution in [-0.4, -0.2) is 18.4 Å². The first-order valence-corrected chi connectivity index (χ1v) is 2.31. The lowest BCUT2D eigenvalue weighted by Gasteiger charge is -2.00. The maximum atomic E-state index is 5.14. The average molecular weight is 113 g/mol. The van der Waals surface area contributed by atoms with Crippen molar-refractivity contribution in [3.8, 4) is 0 Å². The van der Waals surface area contributed by atoms with Crippen LogP contribution in [0.1, 0.15) is 6.92 Å². The summed E-state index contributed by atoms with van der Waals surface area (Å²) in [7, 11) is 1.65. The number of rotatable bonds is 2. The van der Waals surface area contributed by atoms with Crippen LogP contribution in [-0.2, 0) is 0 Å². The van der Waals surface area contributed by atoms with Crippen LogP contribution in [0.2, 0.25) is 0 Å². The van der Waals surface area contributed by atoms with Gasteiger partial charge < -0.3 is 0 Å². The summed E-state index contributed by atoms with van der Waals surface area (Å²) in [6.07, 6.45) is 1.60. The Bertz CT molecular complexity index is 104. The molecule has 0 aliphatic heterocycles. The van der Waals surface area contributed by atoms with Gasteiger partial charge in [-0.25, -0.2) is 11.0 Å². The lowest BCUT2D eigenvalue weighted by molar-refractivity contribution is 0.374. The Morgan fingerprint density at radius 3 is 2.50 bits per heavy atom. The standard InChI is InChI=1S/C5H11N3/c1-5(2)4-7-8(3)6/h4H,1,6H2,2-3H3/b7-4-. The van der Waals surface area contributed by atoms with E-state index in [2.05, 4.69) is 11.7 Å². The van der Waals surface area contributed by atoms with Crippen molar-refractivity contribution in [1.82, 2.24) is 5.12 Å². The largest absolute Gasteiger partial charge is 0.236 e. The van der Waals surface area contributed by atoms with Crippen molar-refractivity contribution < 1.29 is 0 Å². The van der Waals surface area contributed by atoms with Crippen molar-refractivity contribution in [2.24, 2.45) is 10.9 Å². The van der Waals surface area contributed by atoms with E-state index < -0.39 is 0 Å². The molecule has 0 spiro atoms. The molecule has 0 bridgehead atoms. The SMILES string of the molecule is C=C(C)/C=N\N(C)N. The van der Waals surface area contributed by atoms with Gasteiger partial charge in [0, 0.05) is 7.05 Å². The minimum Gasteiger partial charge on any atom is -0.236 e. The summed E-state index contributed by atoms with van der Waals surface area (Å²) in [6, 6.07) is 0. The van der Waals surface area contributed by atoms with Crippen LogP contribution in [0.4, 0.5) is 0 Å². The molecular weight excluding hydrogens is 102 g/mol. The molecule has 0 fully saturated rings. The number of hydrazine groups is 1. The summed E-state index contributed by atoms with van der Waals surface area (Å²) in [5.74, 6) is 5.14. The number of allylic oxidation sites excluding steroid dienone is 1. The van der Waals surface area contributed by atoms with Gasteiger partial charge in [0.1, 0.15) is 0 Å². The quantitative estimate of drug-likeness (QED) is 0.319. The molecule has 0 aromatic rings. The topological polar surface area (TPSA) is 41.6 Å². The third kappa shape index (κ3) is 5.17. The minimum absolute atomic E-state index is 0.891. The molecule has 0 aliphatic rings. The van der Waals surface area contributed by atoms with Crippen LogP contribution in [0.15, 0.2) is 17.3 Å². The predicted molar refractivity (Wildman–Crippen MR) is 35.3 cm³/mol. The number of hydrazone groups is 1. The van der Waals surface area contributed by atoms with Crippen molar-refractivity contribution >= 4 is 6.21 Å². The number of nitrogens with zero attached hydrogens (tertiary/aromatic N) is 2. The van der Waals surface area contributed by atoms with E-state index in [9.17, 15) is 0 Å². The second-order valence-corrected chi connectivity index (χ2v) is 1.66. The Morgan fingerprint density at radius 1 is 1.88 bits per heavy atom. The van der Waals surface area contributed by atoms with Crippen molar-refractivity contribution in [3.05, 3.63) is 12.2 Å². The number of hydrogen-bond donors (Lipinski definition) is 1. The Morgan fingerprint density at radius 2 is 2.38 bits per heavy atom. The Balaban J connectivity index is 3.50. The zero-order valence-electron chi connectivity index (χ0n) is 5.26. The van der Waals surface area contributed by atoms with Crippen LogP contribution in [0.3, 0.4) is 0 Å². The average Bonchev–Trinajstić information content (AvgIpc) is 1.61. The van der Waals surface area contributed by atoms with E-state index in [4.69, 9.17) is 5.84 Å². The van der Waals surface area contributed by atoms with Gasteiger partial charge in [-0.1, -0.05) is 6.58 Å². The van der Waals surface area contributed by atoms with Gasteiger partial charge in [-0.2, -0.15) is 5.10 Å². The number of hydrogen-bond acceptors (Lipinski definition) is 3. The van der Waals surface area contributed by atoms with Crippen molar-refractivity contribution in [2.45, 2.75) is 6.92 Å². The van der Waals surface area contributed by atoms with Crippen LogP contribution < -0.4 is 5.84 Å². The van der Waals surface area contributed by atoms with Crippen LogP contribution in [0, 0.1) is 0 Å². The molecule has 3 heteroatoms. The maximum Gasteiger partial charge on any atom is 0.0509 e. The zero-order valence-corrected chi connectivity index (χ0v) is 5.26. The Kier molecular flexibility index (Phi) is 2.88. The third-order valence-corrected chi connectivity index (χ3v) is 0.460. The van der Waals surface area contributed by atoms with Gasteiger partial charge in [0.25, 0.3) is 0 Å². The summed E-state index contributed by atoms with van der Waals surface area (Å²) in [6.45, 7) is 5.45. The molecule has 0 atom stereocenters. The van der Waals surface area contributed by atoms with Gasteiger partial charge in [-0.3, -0.25) is 0 Å². The van der Waals surface area contributed by atoms with E-state index in [1.807, 2.05) is 6.92 Å². The van der Waals surface area contributed by atoms with E-state index in [1.54, 1.807) is 13.3 Å². The fourth-order valence-corrected chi connectivity index (χ4v) is 0.190. The maximum absolute atomic E-state index is 5.14. The van der Waals surface area contributed by atoms with E-state index >= 15 is 0 Å². The number of nitrogens with two attached hydrogens (primary N) is 1. The molecular formula is C5H11N3. The van der Waals surface area contributed by atoms with Gasteiger partial charge in [0.05, 0.1) is 6.21 Å². The van der Waals surface area contributed by atoms with Gasteiger partial charge in [-0.05, 0) is 12.5 Å². The van der Waals surface area contributed by atoms with Crippen molar-refractivity contribution in [1.29, 1.82) is 0 Å². The summed E-state index contributed by atoms with van der Waals surface area (Å²) in [5, 5.41) is 4.94. The van der Waals surface area contributed by atoms with Crippen molar-refractivity contribution in [2.75, 3.05) is 7.05 Å². The molecule has 0 unspecified atom stereocenters. The molecule has 0 saturated heterocycles. The summed E-state index contributed by atoms with van der Waals surface area (Å²) in [5.41, 5.74) is 0.891. The molecule has 0 heterocycles. The smallest absolute Gasteiger partial charge is 0.0509 e. The first-order chi connectivity index (χ1) is 3.63. The summed E-state index contributed by atoms with van der Waals surface area (Å²) < 4.78 is 0. The lowest BCUT2D eigenvalue weighted by Crippen LogP contribution is -2.18. The Hall–Kier alpha value is -0.830. The van der Waals surface area contributed by atoms with E-state index in [0.29, 0.717) is 0 Å². The molecule has 8 heavy (non-hydrogen) atoms. The molecule has 2 N–H and O–H groups in total. The highest BCUT2D eigenvalue weighted by Crippen LogP contribution is 1.78. The predicted octanol–water partition coefficient (Wildman–Crippen LogP) is 0.354. The monoisotopic (exact) mass is 113 g/mol. The zero-order chi connectivity index (χ0) is 6.57. The molecule has 0 aliphatic carbocycles. The molecule has 0 radical (unpaired) electrons. The minimum atomic E-state index is 0.891. The van der Waals surface area contributed by atoms with E-state index in [1.165, 1.54) is 5.12 Å². The second kappa shape index (κ2) is 3.21. The second-order valence-electron chi connectivity index (χ2n) is 1.66. The summed E-state index contributed by atoms with van der Waals surface area (Å²) >= 11 is 0. The van der Waals surface area contributed by atoms with Gasteiger partial charge in [0.2, 0.25) is 0 Å². The van der Waals surface area contributed by atoms with Gasteiger partial charge in [0.15, 0.2) is 0 Å². The fraction of sp³-hybridized carbons (Fsp3) is 0.400. The highest BCUT2D eigenvalue weighted by Gasteiger charge is 1.75. The first-order valence-electron chi connectivity index (χ1n) is 2.31. The molecule has 0 saturated carbocycles.